The van der Waals surface area contributed by atoms with Crippen molar-refractivity contribution in [1.82, 2.24) is 9.71 Å². The maximum atomic E-state index is 12.7. The van der Waals surface area contributed by atoms with Gasteiger partial charge in [-0.05, 0) is 61.4 Å². The molecular weight excluding hydrogens is 461 g/mol. The third-order valence-electron chi connectivity index (χ3n) is 5.04. The molecule has 1 aromatic heterocycles. The summed E-state index contributed by atoms with van der Waals surface area (Å²) in [6, 6.07) is 7.08. The fraction of sp³-hybridized carbons (Fsp3) is 0.273. The van der Waals surface area contributed by atoms with Crippen molar-refractivity contribution in [2.24, 2.45) is 0 Å². The molecular formula is C22H21F3N2O5S. The number of aryl methyl sites for hydroxylation is 1. The van der Waals surface area contributed by atoms with E-state index in [4.69, 9.17) is 9.15 Å². The quantitative estimate of drug-likeness (QED) is 0.505. The predicted molar refractivity (Wildman–Crippen MR) is 113 cm³/mol. The van der Waals surface area contributed by atoms with Gasteiger partial charge < -0.3 is 9.15 Å². The van der Waals surface area contributed by atoms with Crippen LogP contribution in [0.3, 0.4) is 0 Å². The van der Waals surface area contributed by atoms with Gasteiger partial charge in [0.15, 0.2) is 0 Å². The molecule has 176 valence electrons. The van der Waals surface area contributed by atoms with Crippen molar-refractivity contribution in [3.05, 3.63) is 70.6 Å². The van der Waals surface area contributed by atoms with Gasteiger partial charge in [-0.25, -0.2) is 22.9 Å². The van der Waals surface area contributed by atoms with Crippen molar-refractivity contribution in [3.8, 4) is 11.5 Å². The lowest BCUT2D eigenvalue weighted by atomic mass is 10.0. The minimum atomic E-state index is -4.44. The molecule has 0 aliphatic carbocycles. The van der Waals surface area contributed by atoms with Gasteiger partial charge in [0.2, 0.25) is 15.9 Å². The number of hydrogen-bond donors (Lipinski definition) is 1. The number of carbonyl (C=O) groups is 1. The summed E-state index contributed by atoms with van der Waals surface area (Å²) >= 11 is 0. The molecule has 3 aromatic rings. The first kappa shape index (κ1) is 24.5. The van der Waals surface area contributed by atoms with Crippen molar-refractivity contribution in [1.29, 1.82) is 0 Å². The summed E-state index contributed by atoms with van der Waals surface area (Å²) in [5.74, 6) is -0.510. The van der Waals surface area contributed by atoms with Gasteiger partial charge >= 0.3 is 12.1 Å². The Morgan fingerprint density at radius 2 is 1.82 bits per heavy atom. The zero-order valence-corrected chi connectivity index (χ0v) is 18.8. The monoisotopic (exact) mass is 482 g/mol. The molecule has 0 aliphatic rings. The number of benzene rings is 2. The number of sulfonamides is 1. The lowest BCUT2D eigenvalue weighted by molar-refractivity contribution is -0.137. The molecule has 3 rings (SSSR count). The van der Waals surface area contributed by atoms with E-state index in [-0.39, 0.29) is 29.3 Å². The Bertz CT molecular complexity index is 1270. The first-order valence-electron chi connectivity index (χ1n) is 9.73. The van der Waals surface area contributed by atoms with E-state index in [2.05, 4.69) is 9.71 Å². The van der Waals surface area contributed by atoms with E-state index in [0.29, 0.717) is 22.4 Å². The molecule has 2 aromatic carbocycles. The molecule has 0 unspecified atom stereocenters. The highest BCUT2D eigenvalue weighted by Gasteiger charge is 2.30. The van der Waals surface area contributed by atoms with E-state index in [1.165, 1.54) is 37.6 Å². The number of hydrogen-bond acceptors (Lipinski definition) is 6. The Hall–Kier alpha value is -3.18. The standard InChI is InChI=1S/C22H21F3N2O5S/c1-13-10-18(11-19(14(13)2)21(28)31-3)33(29,30)26-9-8-17-12-32-20(27-17)15-4-6-16(7-5-15)22(23,24)25/h4-7,10-12,26H,8-9H2,1-3H3. The lowest BCUT2D eigenvalue weighted by Gasteiger charge is -2.12. The van der Waals surface area contributed by atoms with E-state index < -0.39 is 27.7 Å². The van der Waals surface area contributed by atoms with Crippen LogP contribution in [-0.4, -0.2) is 33.0 Å². The summed E-state index contributed by atoms with van der Waals surface area (Å²) in [6.07, 6.45) is -2.95. The molecule has 0 atom stereocenters. The molecule has 0 bridgehead atoms. The van der Waals surface area contributed by atoms with Gasteiger partial charge in [0.25, 0.3) is 0 Å². The van der Waals surface area contributed by atoms with Gasteiger partial charge in [-0.1, -0.05) is 0 Å². The molecule has 0 aliphatic heterocycles. The SMILES string of the molecule is COC(=O)c1cc(S(=O)(=O)NCCc2coc(-c3ccc(C(F)(F)F)cc3)n2)cc(C)c1C. The van der Waals surface area contributed by atoms with Gasteiger partial charge in [-0.2, -0.15) is 13.2 Å². The maximum absolute atomic E-state index is 12.7. The van der Waals surface area contributed by atoms with Crippen LogP contribution in [0.4, 0.5) is 13.2 Å². The number of carbonyl (C=O) groups excluding carboxylic acids is 1. The molecule has 7 nitrogen and oxygen atoms in total. The van der Waals surface area contributed by atoms with Gasteiger partial charge in [-0.3, -0.25) is 0 Å². The number of aromatic nitrogens is 1. The largest absolute Gasteiger partial charge is 0.465 e. The van der Waals surface area contributed by atoms with E-state index in [1.807, 2.05) is 0 Å². The molecule has 0 spiro atoms. The minimum absolute atomic E-state index is 0.0121. The molecule has 0 amide bonds. The van der Waals surface area contributed by atoms with Gasteiger partial charge in [-0.15, -0.1) is 0 Å². The predicted octanol–water partition coefficient (Wildman–Crippen LogP) is 4.28. The smallest absolute Gasteiger partial charge is 0.416 e. The third kappa shape index (κ3) is 5.60. The minimum Gasteiger partial charge on any atom is -0.465 e. The Labute approximate surface area is 188 Å². The first-order chi connectivity index (χ1) is 15.4. The van der Waals surface area contributed by atoms with Crippen molar-refractivity contribution in [2.75, 3.05) is 13.7 Å². The van der Waals surface area contributed by atoms with Crippen LogP contribution in [0.25, 0.3) is 11.5 Å². The average molecular weight is 482 g/mol. The summed E-state index contributed by atoms with van der Waals surface area (Å²) in [6.45, 7) is 3.38. The first-order valence-corrected chi connectivity index (χ1v) is 11.2. The lowest BCUT2D eigenvalue weighted by Crippen LogP contribution is -2.26. The van der Waals surface area contributed by atoms with Crippen LogP contribution in [-0.2, 0) is 27.4 Å². The number of oxazole rings is 1. The fourth-order valence-electron chi connectivity index (χ4n) is 3.06. The second kappa shape index (κ2) is 9.36. The molecule has 0 radical (unpaired) electrons. The van der Waals surface area contributed by atoms with Crippen LogP contribution in [0, 0.1) is 13.8 Å². The number of nitrogens with one attached hydrogen (secondary N) is 1. The Morgan fingerprint density at radius 3 is 2.42 bits per heavy atom. The van der Waals surface area contributed by atoms with Crippen molar-refractivity contribution in [3.63, 3.8) is 0 Å². The zero-order valence-electron chi connectivity index (χ0n) is 18.0. The highest BCUT2D eigenvalue weighted by Crippen LogP contribution is 2.30. The molecule has 1 heterocycles. The number of halogens is 3. The number of ether oxygens (including phenoxy) is 1. The third-order valence-corrected chi connectivity index (χ3v) is 6.48. The Morgan fingerprint density at radius 1 is 1.15 bits per heavy atom. The highest BCUT2D eigenvalue weighted by molar-refractivity contribution is 7.89. The number of methoxy groups -OCH3 is 1. The zero-order chi connectivity index (χ0) is 24.4. The molecule has 1 N–H and O–H groups in total. The number of rotatable bonds is 7. The number of nitrogens with zero attached hydrogens (tertiary/aromatic N) is 1. The van der Waals surface area contributed by atoms with Crippen molar-refractivity contribution >= 4 is 16.0 Å². The van der Waals surface area contributed by atoms with Crippen LogP contribution in [0.15, 0.2) is 52.0 Å². The normalized spacial score (nSPS) is 12.1. The summed E-state index contributed by atoms with van der Waals surface area (Å²) in [4.78, 5) is 16.1. The van der Waals surface area contributed by atoms with E-state index in [9.17, 15) is 26.4 Å². The maximum Gasteiger partial charge on any atom is 0.416 e. The van der Waals surface area contributed by atoms with Crippen LogP contribution in [0.2, 0.25) is 0 Å². The van der Waals surface area contributed by atoms with E-state index >= 15 is 0 Å². The number of esters is 1. The second-order valence-electron chi connectivity index (χ2n) is 7.27. The molecule has 0 fully saturated rings. The molecule has 0 saturated heterocycles. The van der Waals surface area contributed by atoms with E-state index in [1.54, 1.807) is 13.8 Å². The summed E-state index contributed by atoms with van der Waals surface area (Å²) in [5.41, 5.74) is 1.41. The van der Waals surface area contributed by atoms with Gasteiger partial charge in [0.05, 0.1) is 28.8 Å². The molecule has 33 heavy (non-hydrogen) atoms. The summed E-state index contributed by atoms with van der Waals surface area (Å²) in [5, 5.41) is 0. The van der Waals surface area contributed by atoms with Crippen LogP contribution in [0.5, 0.6) is 0 Å². The number of alkyl halides is 3. The van der Waals surface area contributed by atoms with Crippen LogP contribution >= 0.6 is 0 Å². The fourth-order valence-corrected chi connectivity index (χ4v) is 4.20. The van der Waals surface area contributed by atoms with Crippen molar-refractivity contribution < 1.29 is 35.5 Å². The Balaban J connectivity index is 1.68. The van der Waals surface area contributed by atoms with Gasteiger partial charge in [0.1, 0.15) is 6.26 Å². The summed E-state index contributed by atoms with van der Waals surface area (Å²) in [7, 11) is -2.71. The molecule has 0 saturated carbocycles. The summed E-state index contributed by atoms with van der Waals surface area (Å²) < 4.78 is 75.9. The molecule has 11 heteroatoms. The van der Waals surface area contributed by atoms with E-state index in [0.717, 1.165) is 12.1 Å². The Kier molecular flexibility index (Phi) is 6.94. The van der Waals surface area contributed by atoms with Gasteiger partial charge in [0, 0.05) is 18.5 Å². The topological polar surface area (TPSA) is 98.5 Å². The van der Waals surface area contributed by atoms with Crippen molar-refractivity contribution in [2.45, 2.75) is 31.3 Å². The van der Waals surface area contributed by atoms with Crippen LogP contribution < -0.4 is 4.72 Å². The highest BCUT2D eigenvalue weighted by atomic mass is 32.2. The average Bonchev–Trinajstić information content (AvgIpc) is 3.23. The van der Waals surface area contributed by atoms with Crippen LogP contribution in [0.1, 0.15) is 32.7 Å². The second-order valence-corrected chi connectivity index (χ2v) is 9.04.